The SMILES string of the molecule is Nc1ccc(-c2cncc(OCc3ccccc3)n2)nc1C(=O)Cc1cnccc1N1CCC[C@H](N)C1. The Hall–Kier alpha value is -4.37. The van der Waals surface area contributed by atoms with E-state index in [2.05, 4.69) is 24.8 Å². The number of rotatable bonds is 8. The minimum atomic E-state index is -0.195. The van der Waals surface area contributed by atoms with Crippen LogP contribution in [0.3, 0.4) is 0 Å². The highest BCUT2D eigenvalue weighted by atomic mass is 16.5. The van der Waals surface area contributed by atoms with Gasteiger partial charge in [-0.05, 0) is 36.6 Å². The van der Waals surface area contributed by atoms with Crippen LogP contribution in [0.2, 0.25) is 0 Å². The fourth-order valence-corrected chi connectivity index (χ4v) is 4.46. The zero-order chi connectivity index (χ0) is 25.6. The maximum Gasteiger partial charge on any atom is 0.233 e. The number of ether oxygens (including phenoxy) is 1. The largest absolute Gasteiger partial charge is 0.472 e. The summed E-state index contributed by atoms with van der Waals surface area (Å²) in [5, 5.41) is 0. The van der Waals surface area contributed by atoms with Crippen LogP contribution in [0.25, 0.3) is 11.4 Å². The van der Waals surface area contributed by atoms with Gasteiger partial charge in [-0.1, -0.05) is 30.3 Å². The van der Waals surface area contributed by atoms with Crippen molar-refractivity contribution < 1.29 is 9.53 Å². The first-order chi connectivity index (χ1) is 18.1. The third-order valence-corrected chi connectivity index (χ3v) is 6.32. The Bertz CT molecular complexity index is 1380. The molecule has 0 radical (unpaired) electrons. The molecule has 3 aromatic heterocycles. The van der Waals surface area contributed by atoms with Crippen LogP contribution in [-0.2, 0) is 13.0 Å². The van der Waals surface area contributed by atoms with Crippen LogP contribution < -0.4 is 21.1 Å². The molecule has 0 spiro atoms. The maximum atomic E-state index is 13.4. The molecule has 4 aromatic rings. The van der Waals surface area contributed by atoms with Crippen LogP contribution in [0.5, 0.6) is 5.88 Å². The average molecular weight is 496 g/mol. The molecular formula is C28H29N7O2. The lowest BCUT2D eigenvalue weighted by molar-refractivity contribution is 0.0989. The second-order valence-corrected chi connectivity index (χ2v) is 9.10. The second-order valence-electron chi connectivity index (χ2n) is 9.10. The van der Waals surface area contributed by atoms with Gasteiger partial charge in [0, 0.05) is 49.2 Å². The Morgan fingerprint density at radius 3 is 2.70 bits per heavy atom. The lowest BCUT2D eigenvalue weighted by Crippen LogP contribution is -2.43. The first kappa shape index (κ1) is 24.3. The van der Waals surface area contributed by atoms with Crippen molar-refractivity contribution in [3.63, 3.8) is 0 Å². The molecule has 0 saturated carbocycles. The summed E-state index contributed by atoms with van der Waals surface area (Å²) in [6, 6.07) is 15.3. The third-order valence-electron chi connectivity index (χ3n) is 6.32. The molecule has 9 heteroatoms. The van der Waals surface area contributed by atoms with Crippen molar-refractivity contribution in [2.24, 2.45) is 5.73 Å². The summed E-state index contributed by atoms with van der Waals surface area (Å²) >= 11 is 0. The van der Waals surface area contributed by atoms with E-state index in [0.717, 1.165) is 42.7 Å². The molecular weight excluding hydrogens is 466 g/mol. The highest BCUT2D eigenvalue weighted by Gasteiger charge is 2.22. The number of pyridine rings is 2. The Balaban J connectivity index is 1.35. The van der Waals surface area contributed by atoms with E-state index >= 15 is 0 Å². The van der Waals surface area contributed by atoms with Gasteiger partial charge in [-0.3, -0.25) is 14.8 Å². The number of nitrogens with zero attached hydrogens (tertiary/aromatic N) is 5. The third kappa shape index (κ3) is 5.90. The summed E-state index contributed by atoms with van der Waals surface area (Å²) in [5.41, 5.74) is 16.7. The van der Waals surface area contributed by atoms with Crippen molar-refractivity contribution in [2.75, 3.05) is 23.7 Å². The Kier molecular flexibility index (Phi) is 7.32. The molecule has 1 aromatic carbocycles. The molecule has 1 atom stereocenters. The zero-order valence-corrected chi connectivity index (χ0v) is 20.5. The van der Waals surface area contributed by atoms with Gasteiger partial charge in [0.25, 0.3) is 0 Å². The van der Waals surface area contributed by atoms with E-state index in [-0.39, 0.29) is 23.9 Å². The first-order valence-corrected chi connectivity index (χ1v) is 12.3. The molecule has 0 aliphatic carbocycles. The Labute approximate surface area is 215 Å². The number of carbonyl (C=O) groups is 1. The number of nitrogens with two attached hydrogens (primary N) is 2. The first-order valence-electron chi connectivity index (χ1n) is 12.3. The second kappa shape index (κ2) is 11.1. The van der Waals surface area contributed by atoms with Crippen molar-refractivity contribution in [3.8, 4) is 17.3 Å². The van der Waals surface area contributed by atoms with Crippen LogP contribution in [-0.4, -0.2) is 44.9 Å². The molecule has 37 heavy (non-hydrogen) atoms. The van der Waals surface area contributed by atoms with Crippen LogP contribution in [0.1, 0.15) is 34.5 Å². The van der Waals surface area contributed by atoms with Crippen molar-refractivity contribution in [3.05, 3.63) is 90.1 Å². The van der Waals surface area contributed by atoms with Gasteiger partial charge >= 0.3 is 0 Å². The number of benzene rings is 1. The molecule has 0 amide bonds. The predicted octanol–water partition coefficient (Wildman–Crippen LogP) is 3.45. The summed E-state index contributed by atoms with van der Waals surface area (Å²) in [5.74, 6) is 0.173. The van der Waals surface area contributed by atoms with Crippen molar-refractivity contribution in [1.29, 1.82) is 0 Å². The molecule has 0 bridgehead atoms. The summed E-state index contributed by atoms with van der Waals surface area (Å²) in [6.07, 6.45) is 8.75. The predicted molar refractivity (Wildman–Crippen MR) is 142 cm³/mol. The number of hydrogen-bond acceptors (Lipinski definition) is 9. The smallest absolute Gasteiger partial charge is 0.233 e. The molecule has 1 saturated heterocycles. The topological polar surface area (TPSA) is 133 Å². The summed E-state index contributed by atoms with van der Waals surface area (Å²) in [6.45, 7) is 2.02. The lowest BCUT2D eigenvalue weighted by Gasteiger charge is -2.33. The molecule has 1 aliphatic heterocycles. The molecule has 5 rings (SSSR count). The maximum absolute atomic E-state index is 13.4. The highest BCUT2D eigenvalue weighted by molar-refractivity contribution is 6.01. The number of Topliss-reactive ketones (excluding diaryl/α,β-unsaturated/α-hetero) is 1. The number of piperidine rings is 1. The van der Waals surface area contributed by atoms with Gasteiger partial charge in [0.2, 0.25) is 5.88 Å². The minimum Gasteiger partial charge on any atom is -0.472 e. The van der Waals surface area contributed by atoms with Gasteiger partial charge in [0.05, 0.1) is 23.8 Å². The summed E-state index contributed by atoms with van der Waals surface area (Å²) in [4.78, 5) is 33.2. The van der Waals surface area contributed by atoms with Crippen LogP contribution >= 0.6 is 0 Å². The highest BCUT2D eigenvalue weighted by Crippen LogP contribution is 2.26. The number of carbonyl (C=O) groups excluding carboxylic acids is 1. The molecule has 4 heterocycles. The van der Waals surface area contributed by atoms with E-state index in [0.29, 0.717) is 29.6 Å². The van der Waals surface area contributed by atoms with E-state index < -0.39 is 0 Å². The van der Waals surface area contributed by atoms with Gasteiger partial charge in [0.1, 0.15) is 18.0 Å². The van der Waals surface area contributed by atoms with Crippen LogP contribution in [0.15, 0.2) is 73.3 Å². The normalized spacial score (nSPS) is 15.4. The number of anilines is 2. The van der Waals surface area contributed by atoms with E-state index in [1.807, 2.05) is 36.4 Å². The zero-order valence-electron chi connectivity index (χ0n) is 20.5. The molecule has 4 N–H and O–H groups in total. The molecule has 1 fully saturated rings. The monoisotopic (exact) mass is 495 g/mol. The average Bonchev–Trinajstić information content (AvgIpc) is 2.93. The summed E-state index contributed by atoms with van der Waals surface area (Å²) in [7, 11) is 0. The fourth-order valence-electron chi connectivity index (χ4n) is 4.46. The molecule has 0 unspecified atom stereocenters. The number of hydrogen-bond donors (Lipinski definition) is 2. The number of ketones is 1. The van der Waals surface area contributed by atoms with Crippen LogP contribution in [0, 0.1) is 0 Å². The minimum absolute atomic E-state index is 0.119. The quantitative estimate of drug-likeness (QED) is 0.353. The molecule has 188 valence electrons. The van der Waals surface area contributed by atoms with Gasteiger partial charge in [-0.25, -0.2) is 9.97 Å². The summed E-state index contributed by atoms with van der Waals surface area (Å²) < 4.78 is 5.80. The van der Waals surface area contributed by atoms with Gasteiger partial charge in [-0.2, -0.15) is 0 Å². The number of aromatic nitrogens is 4. The van der Waals surface area contributed by atoms with Crippen molar-refractivity contribution in [1.82, 2.24) is 19.9 Å². The van der Waals surface area contributed by atoms with Gasteiger partial charge in [0.15, 0.2) is 5.78 Å². The van der Waals surface area contributed by atoms with Crippen molar-refractivity contribution in [2.45, 2.75) is 31.9 Å². The van der Waals surface area contributed by atoms with E-state index in [4.69, 9.17) is 16.2 Å². The Morgan fingerprint density at radius 2 is 1.86 bits per heavy atom. The molecule has 9 nitrogen and oxygen atoms in total. The van der Waals surface area contributed by atoms with E-state index in [1.165, 1.54) is 0 Å². The molecule has 1 aliphatic rings. The van der Waals surface area contributed by atoms with Crippen LogP contribution in [0.4, 0.5) is 11.4 Å². The lowest BCUT2D eigenvalue weighted by atomic mass is 10.0. The Morgan fingerprint density at radius 1 is 1.00 bits per heavy atom. The van der Waals surface area contributed by atoms with Gasteiger partial charge < -0.3 is 21.1 Å². The van der Waals surface area contributed by atoms with Gasteiger partial charge in [-0.15, -0.1) is 0 Å². The standard InChI is InChI=1S/C28H29N7O2/c29-21-7-4-12-35(17-21)25-10-11-31-14-20(25)13-26(36)28-22(30)8-9-23(34-28)24-15-32-16-27(33-24)37-18-19-5-2-1-3-6-19/h1-3,5-6,8-11,14-16,21H,4,7,12-13,17-18,29-30H2/t21-/m0/s1. The van der Waals surface area contributed by atoms with Crippen molar-refractivity contribution >= 4 is 17.2 Å². The fraction of sp³-hybridized carbons (Fsp3) is 0.250. The number of nitrogen functional groups attached to an aromatic ring is 1. The van der Waals surface area contributed by atoms with E-state index in [9.17, 15) is 4.79 Å². The van der Waals surface area contributed by atoms with E-state index in [1.54, 1.807) is 36.9 Å².